The largest absolute Gasteiger partial charge is 0.508 e. The molecule has 1 unspecified atom stereocenters. The summed E-state index contributed by atoms with van der Waals surface area (Å²) in [6, 6.07) is 6.98. The molecule has 1 aliphatic heterocycles. The van der Waals surface area contributed by atoms with Gasteiger partial charge in [0.15, 0.2) is 5.78 Å². The van der Waals surface area contributed by atoms with Gasteiger partial charge < -0.3 is 14.7 Å². The van der Waals surface area contributed by atoms with Crippen LogP contribution >= 0.6 is 0 Å². The first-order valence-corrected chi connectivity index (χ1v) is 6.88. The molecule has 1 aliphatic rings. The number of rotatable bonds is 3. The molecule has 0 radical (unpaired) electrons. The highest BCUT2D eigenvalue weighted by Crippen LogP contribution is 2.39. The van der Waals surface area contributed by atoms with Crippen molar-refractivity contribution in [3.63, 3.8) is 0 Å². The Balaban J connectivity index is 2.17. The first-order chi connectivity index (χ1) is 9.13. The molecule has 4 nitrogen and oxygen atoms in total. The molecule has 0 aromatic heterocycles. The minimum atomic E-state index is -0.718. The molecule has 1 heterocycles. The average Bonchev–Trinajstić information content (AvgIpc) is 2.48. The lowest BCUT2D eigenvalue weighted by atomic mass is 9.85. The molecule has 0 aliphatic carbocycles. The molecule has 0 amide bonds. The van der Waals surface area contributed by atoms with Crippen LogP contribution in [0.5, 0.6) is 5.75 Å². The molecule has 1 fully saturated rings. The van der Waals surface area contributed by atoms with E-state index in [4.69, 9.17) is 4.74 Å². The van der Waals surface area contributed by atoms with Crippen LogP contribution in [0, 0.1) is 5.92 Å². The zero-order valence-electron chi connectivity index (χ0n) is 12.8. The van der Waals surface area contributed by atoms with E-state index in [2.05, 4.69) is 0 Å². The van der Waals surface area contributed by atoms with Crippen LogP contribution in [0.4, 0.5) is 5.69 Å². The van der Waals surface area contributed by atoms with Gasteiger partial charge in [0.2, 0.25) is 0 Å². The Kier molecular flexibility index (Phi) is 3.54. The van der Waals surface area contributed by atoms with E-state index < -0.39 is 11.2 Å². The van der Waals surface area contributed by atoms with Gasteiger partial charge in [-0.25, -0.2) is 0 Å². The lowest BCUT2D eigenvalue weighted by Gasteiger charge is -2.29. The summed E-state index contributed by atoms with van der Waals surface area (Å²) in [4.78, 5) is 14.5. The number of ketones is 1. The lowest BCUT2D eigenvalue weighted by Crippen LogP contribution is -2.39. The Morgan fingerprint density at radius 3 is 2.20 bits per heavy atom. The van der Waals surface area contributed by atoms with Crippen molar-refractivity contribution in [2.75, 3.05) is 18.5 Å². The molecule has 1 aromatic rings. The highest BCUT2D eigenvalue weighted by molar-refractivity contribution is 5.92. The predicted molar refractivity (Wildman–Crippen MR) is 79.1 cm³/mol. The molecule has 0 spiro atoms. The van der Waals surface area contributed by atoms with Crippen LogP contribution < -0.4 is 4.90 Å². The zero-order chi connectivity index (χ0) is 15.1. The highest BCUT2D eigenvalue weighted by atomic mass is 16.5. The number of anilines is 1. The molecule has 0 bridgehead atoms. The molecule has 1 aromatic carbocycles. The monoisotopic (exact) mass is 277 g/mol. The summed E-state index contributed by atoms with van der Waals surface area (Å²) in [5.74, 6) is 0.216. The van der Waals surface area contributed by atoms with Crippen molar-refractivity contribution in [1.29, 1.82) is 0 Å². The number of phenols is 1. The van der Waals surface area contributed by atoms with Gasteiger partial charge in [-0.2, -0.15) is 0 Å². The number of hydrogen-bond acceptors (Lipinski definition) is 4. The zero-order valence-corrected chi connectivity index (χ0v) is 12.8. The van der Waals surface area contributed by atoms with Crippen molar-refractivity contribution >= 4 is 11.5 Å². The number of hydrogen-bond donors (Lipinski definition) is 1. The topological polar surface area (TPSA) is 49.8 Å². The third kappa shape index (κ3) is 2.66. The van der Waals surface area contributed by atoms with Crippen LogP contribution in [0.3, 0.4) is 0 Å². The predicted octanol–water partition coefficient (Wildman–Crippen LogP) is 2.60. The van der Waals surface area contributed by atoms with E-state index in [0.29, 0.717) is 6.54 Å². The Morgan fingerprint density at radius 1 is 1.20 bits per heavy atom. The van der Waals surface area contributed by atoms with Gasteiger partial charge in [0.25, 0.3) is 0 Å². The van der Waals surface area contributed by atoms with Gasteiger partial charge >= 0.3 is 0 Å². The maximum absolute atomic E-state index is 12.5. The van der Waals surface area contributed by atoms with Crippen molar-refractivity contribution < 1.29 is 14.6 Å². The van der Waals surface area contributed by atoms with E-state index in [0.717, 1.165) is 5.69 Å². The van der Waals surface area contributed by atoms with Crippen LogP contribution in [0.25, 0.3) is 0 Å². The van der Waals surface area contributed by atoms with Crippen molar-refractivity contribution in [2.24, 2.45) is 5.92 Å². The molecule has 1 saturated heterocycles. The molecule has 0 saturated carbocycles. The van der Waals surface area contributed by atoms with E-state index in [-0.39, 0.29) is 17.5 Å². The first kappa shape index (κ1) is 14.9. The molecule has 1 N–H and O–H groups in total. The standard InChI is InChI=1S/C16H23NO3/c1-15(2)13(14(19)16(3,4)20-15)10-17(5)11-6-8-12(18)9-7-11/h6-9,13,18H,10H2,1-5H3. The molecule has 20 heavy (non-hydrogen) atoms. The molecule has 1 atom stereocenters. The second-order valence-corrected chi connectivity index (χ2v) is 6.53. The van der Waals surface area contributed by atoms with Crippen LogP contribution in [-0.4, -0.2) is 35.7 Å². The molecule has 4 heteroatoms. The fourth-order valence-corrected chi connectivity index (χ4v) is 2.90. The van der Waals surface area contributed by atoms with E-state index in [9.17, 15) is 9.90 Å². The van der Waals surface area contributed by atoms with Crippen LogP contribution in [0.2, 0.25) is 0 Å². The van der Waals surface area contributed by atoms with Crippen molar-refractivity contribution in [1.82, 2.24) is 0 Å². The Hall–Kier alpha value is -1.55. The van der Waals surface area contributed by atoms with E-state index in [1.165, 1.54) is 0 Å². The smallest absolute Gasteiger partial charge is 0.171 e. The number of aromatic hydroxyl groups is 1. The maximum Gasteiger partial charge on any atom is 0.171 e. The summed E-state index contributed by atoms with van der Waals surface area (Å²) < 4.78 is 5.90. The molecular formula is C16H23NO3. The number of benzene rings is 1. The number of carbonyl (C=O) groups is 1. The summed E-state index contributed by atoms with van der Waals surface area (Å²) >= 11 is 0. The van der Waals surface area contributed by atoms with Gasteiger partial charge in [-0.3, -0.25) is 4.79 Å². The van der Waals surface area contributed by atoms with Gasteiger partial charge in [0, 0.05) is 19.3 Å². The SMILES string of the molecule is CN(CC1C(=O)C(C)(C)OC1(C)C)c1ccc(O)cc1. The van der Waals surface area contributed by atoms with Crippen LogP contribution in [-0.2, 0) is 9.53 Å². The molecule has 2 rings (SSSR count). The summed E-state index contributed by atoms with van der Waals surface area (Å²) in [5.41, 5.74) is -0.216. The fraction of sp³-hybridized carbons (Fsp3) is 0.562. The van der Waals surface area contributed by atoms with E-state index in [1.807, 2.05) is 51.8 Å². The van der Waals surface area contributed by atoms with E-state index >= 15 is 0 Å². The average molecular weight is 277 g/mol. The summed E-state index contributed by atoms with van der Waals surface area (Å²) in [5, 5.41) is 9.32. The fourth-order valence-electron chi connectivity index (χ4n) is 2.90. The Morgan fingerprint density at radius 2 is 1.75 bits per heavy atom. The number of ether oxygens (including phenoxy) is 1. The Bertz CT molecular complexity index is 505. The van der Waals surface area contributed by atoms with Crippen molar-refractivity contribution in [3.05, 3.63) is 24.3 Å². The normalized spacial score (nSPS) is 23.9. The number of nitrogens with zero attached hydrogens (tertiary/aromatic N) is 1. The van der Waals surface area contributed by atoms with Gasteiger partial charge in [-0.1, -0.05) is 0 Å². The minimum Gasteiger partial charge on any atom is -0.508 e. The summed E-state index contributed by atoms with van der Waals surface area (Å²) in [6.07, 6.45) is 0. The van der Waals surface area contributed by atoms with Crippen molar-refractivity contribution in [2.45, 2.75) is 38.9 Å². The summed E-state index contributed by atoms with van der Waals surface area (Å²) in [7, 11) is 1.95. The number of Topliss-reactive ketones (excluding diaryl/α,β-unsaturated/α-hetero) is 1. The highest BCUT2D eigenvalue weighted by Gasteiger charge is 2.53. The third-order valence-corrected chi connectivity index (χ3v) is 4.01. The molecular weight excluding hydrogens is 254 g/mol. The van der Waals surface area contributed by atoms with Gasteiger partial charge in [-0.15, -0.1) is 0 Å². The van der Waals surface area contributed by atoms with Crippen LogP contribution in [0.1, 0.15) is 27.7 Å². The molecule has 110 valence electrons. The Labute approximate surface area is 120 Å². The summed E-state index contributed by atoms with van der Waals surface area (Å²) in [6.45, 7) is 8.19. The third-order valence-electron chi connectivity index (χ3n) is 4.01. The van der Waals surface area contributed by atoms with Gasteiger partial charge in [0.05, 0.1) is 11.5 Å². The van der Waals surface area contributed by atoms with Crippen LogP contribution in [0.15, 0.2) is 24.3 Å². The number of phenolic OH excluding ortho intramolecular Hbond substituents is 1. The quantitative estimate of drug-likeness (QED) is 0.922. The first-order valence-electron chi connectivity index (χ1n) is 6.88. The maximum atomic E-state index is 12.5. The van der Waals surface area contributed by atoms with E-state index in [1.54, 1.807) is 12.1 Å². The van der Waals surface area contributed by atoms with Gasteiger partial charge in [0.1, 0.15) is 11.4 Å². The lowest BCUT2D eigenvalue weighted by molar-refractivity contribution is -0.132. The minimum absolute atomic E-state index is 0.146. The van der Waals surface area contributed by atoms with Gasteiger partial charge in [-0.05, 0) is 52.0 Å². The second kappa shape index (κ2) is 4.77. The van der Waals surface area contributed by atoms with Crippen molar-refractivity contribution in [3.8, 4) is 5.75 Å². The second-order valence-electron chi connectivity index (χ2n) is 6.53. The number of carbonyl (C=O) groups excluding carboxylic acids is 1.